The smallest absolute Gasteiger partial charge is 0.308 e. The fourth-order valence-corrected chi connectivity index (χ4v) is 10.1. The monoisotopic (exact) mass is 549 g/mol. The first-order valence-electron chi connectivity index (χ1n) is 13.7. The molecule has 0 spiro atoms. The number of fused-ring (bicyclic) bond motifs is 6. The molecule has 5 atom stereocenters. The van der Waals surface area contributed by atoms with Gasteiger partial charge >= 0.3 is 4.87 Å². The van der Waals surface area contributed by atoms with E-state index in [1.165, 1.54) is 41.9 Å². The van der Waals surface area contributed by atoms with Crippen LogP contribution >= 0.6 is 23.1 Å². The third-order valence-electron chi connectivity index (χ3n) is 8.75. The summed E-state index contributed by atoms with van der Waals surface area (Å²) < 4.78 is 6.93. The van der Waals surface area contributed by atoms with Gasteiger partial charge in [-0.15, -0.1) is 11.8 Å². The van der Waals surface area contributed by atoms with E-state index in [0.717, 1.165) is 34.7 Å². The van der Waals surface area contributed by atoms with Crippen molar-refractivity contribution in [3.8, 4) is 5.75 Å². The lowest BCUT2D eigenvalue weighted by molar-refractivity contribution is -0.116. The zero-order valence-electron chi connectivity index (χ0n) is 22.2. The highest BCUT2D eigenvalue weighted by molar-refractivity contribution is 8.00. The van der Waals surface area contributed by atoms with E-state index in [4.69, 9.17) is 4.74 Å². The number of aromatic nitrogens is 1. The molecule has 200 valence electrons. The number of hydrogen-bond donors (Lipinski definition) is 1. The molecule has 3 aliphatic rings. The van der Waals surface area contributed by atoms with Crippen LogP contribution < -0.4 is 19.8 Å². The van der Waals surface area contributed by atoms with Crippen LogP contribution in [0.5, 0.6) is 5.75 Å². The Labute approximate surface area is 232 Å². The Hall–Kier alpha value is -2.71. The van der Waals surface area contributed by atoms with E-state index >= 15 is 0 Å². The second-order valence-corrected chi connectivity index (χ2v) is 12.8. The lowest BCUT2D eigenvalue weighted by Crippen LogP contribution is -2.35. The number of carbonyl (C=O) groups is 1. The minimum atomic E-state index is -0.186. The van der Waals surface area contributed by atoms with E-state index in [0.29, 0.717) is 22.8 Å². The molecule has 8 heteroatoms. The molecule has 38 heavy (non-hydrogen) atoms. The molecule has 0 radical (unpaired) electrons. The van der Waals surface area contributed by atoms with Crippen LogP contribution in [0, 0.1) is 17.8 Å². The van der Waals surface area contributed by atoms with Gasteiger partial charge in [-0.05, 0) is 92.8 Å². The van der Waals surface area contributed by atoms with Crippen LogP contribution in [0.25, 0.3) is 0 Å². The van der Waals surface area contributed by atoms with Gasteiger partial charge < -0.3 is 15.0 Å². The third kappa shape index (κ3) is 4.45. The van der Waals surface area contributed by atoms with E-state index in [1.807, 2.05) is 36.0 Å². The first-order valence-corrected chi connectivity index (χ1v) is 15.4. The van der Waals surface area contributed by atoms with Gasteiger partial charge in [-0.2, -0.15) is 0 Å². The van der Waals surface area contributed by atoms with Crippen LogP contribution in [0.4, 0.5) is 11.4 Å². The van der Waals surface area contributed by atoms with Gasteiger partial charge in [0, 0.05) is 40.5 Å². The molecule has 1 aromatic heterocycles. The summed E-state index contributed by atoms with van der Waals surface area (Å²) in [7, 11) is 1.62. The van der Waals surface area contributed by atoms with E-state index in [2.05, 4.69) is 48.3 Å². The molecular formula is C30H35N3O3S2. The lowest BCUT2D eigenvalue weighted by Gasteiger charge is -2.40. The predicted molar refractivity (Wildman–Crippen MR) is 156 cm³/mol. The van der Waals surface area contributed by atoms with Gasteiger partial charge in [0.1, 0.15) is 12.3 Å². The summed E-state index contributed by atoms with van der Waals surface area (Å²) in [5.41, 5.74) is 3.25. The number of anilines is 2. The van der Waals surface area contributed by atoms with Crippen LogP contribution in [0.1, 0.15) is 49.5 Å². The maximum absolute atomic E-state index is 13.3. The zero-order chi connectivity index (χ0) is 26.4. The molecule has 3 aromatic rings. The minimum Gasteiger partial charge on any atom is -0.497 e. The zero-order valence-corrected chi connectivity index (χ0v) is 23.8. The van der Waals surface area contributed by atoms with Gasteiger partial charge in [0.15, 0.2) is 0 Å². The van der Waals surface area contributed by atoms with Gasteiger partial charge in [0.25, 0.3) is 0 Å². The van der Waals surface area contributed by atoms with Crippen LogP contribution in [0.15, 0.2) is 58.4 Å². The number of ether oxygens (including phenoxy) is 1. The third-order valence-corrected chi connectivity index (χ3v) is 11.6. The van der Waals surface area contributed by atoms with E-state index in [9.17, 15) is 9.59 Å². The fourth-order valence-electron chi connectivity index (χ4n) is 6.96. The van der Waals surface area contributed by atoms with Crippen molar-refractivity contribution in [1.29, 1.82) is 0 Å². The van der Waals surface area contributed by atoms with E-state index in [-0.39, 0.29) is 23.2 Å². The first-order chi connectivity index (χ1) is 18.5. The summed E-state index contributed by atoms with van der Waals surface area (Å²) in [4.78, 5) is 29.8. The second kappa shape index (κ2) is 10.5. The van der Waals surface area contributed by atoms with Crippen LogP contribution in [-0.4, -0.2) is 35.9 Å². The quantitative estimate of drug-likeness (QED) is 0.370. The van der Waals surface area contributed by atoms with Crippen LogP contribution in [-0.2, 0) is 11.3 Å². The topological polar surface area (TPSA) is 63.6 Å². The molecule has 2 fully saturated rings. The average molecular weight is 550 g/mol. The summed E-state index contributed by atoms with van der Waals surface area (Å²) in [6.07, 6.45) is 3.89. The number of methoxy groups -OCH3 is 1. The normalized spacial score (nSPS) is 25.1. The average Bonchev–Trinajstić information content (AvgIpc) is 3.63. The number of thiazole rings is 1. The van der Waals surface area contributed by atoms with Gasteiger partial charge in [0.05, 0.1) is 12.1 Å². The van der Waals surface area contributed by atoms with Gasteiger partial charge in [-0.25, -0.2) is 0 Å². The standard InChI is InChI=1S/C30H35N3O3S2/c1-4-32(5-2)22-12-8-18(9-13-22)25-26-19-6-7-20(16-19)27(26)37-29-28(25)38-30(35)33(29)17-24(34)31-21-10-14-23(36-3)15-11-21/h8-15,19-20,25-27H,4-7,16-17H2,1-3H3,(H,31,34). The highest BCUT2D eigenvalue weighted by Gasteiger charge is 2.55. The number of nitrogens with one attached hydrogen (secondary N) is 1. The Morgan fingerprint density at radius 3 is 2.45 bits per heavy atom. The van der Waals surface area contributed by atoms with E-state index < -0.39 is 0 Å². The summed E-state index contributed by atoms with van der Waals surface area (Å²) in [6, 6.07) is 16.3. The summed E-state index contributed by atoms with van der Waals surface area (Å²) in [5.74, 6) is 2.76. The Morgan fingerprint density at radius 1 is 1.05 bits per heavy atom. The largest absolute Gasteiger partial charge is 0.497 e. The molecule has 6 nitrogen and oxygen atoms in total. The van der Waals surface area contributed by atoms with Crippen molar-refractivity contribution in [3.63, 3.8) is 0 Å². The molecule has 5 unspecified atom stereocenters. The Bertz CT molecular complexity index is 1360. The van der Waals surface area contributed by atoms with Gasteiger partial charge in [0.2, 0.25) is 5.91 Å². The molecule has 1 aliphatic heterocycles. The van der Waals surface area contributed by atoms with Crippen molar-refractivity contribution in [1.82, 2.24) is 4.57 Å². The molecule has 2 aromatic carbocycles. The molecule has 6 rings (SSSR count). The fraction of sp³-hybridized carbons (Fsp3) is 0.467. The molecule has 2 bridgehead atoms. The predicted octanol–water partition coefficient (Wildman–Crippen LogP) is 6.06. The molecule has 0 saturated heterocycles. The van der Waals surface area contributed by atoms with Crippen molar-refractivity contribution >= 4 is 40.4 Å². The number of rotatable bonds is 8. The Kier molecular flexibility index (Phi) is 7.03. The Balaban J connectivity index is 1.32. The lowest BCUT2D eigenvalue weighted by atomic mass is 9.75. The molecular weight excluding hydrogens is 514 g/mol. The molecule has 2 heterocycles. The number of amides is 1. The summed E-state index contributed by atoms with van der Waals surface area (Å²) in [5, 5.41) is 4.47. The summed E-state index contributed by atoms with van der Waals surface area (Å²) in [6.45, 7) is 6.37. The van der Waals surface area contributed by atoms with Crippen LogP contribution in [0.2, 0.25) is 0 Å². The molecule has 2 saturated carbocycles. The van der Waals surface area contributed by atoms with Gasteiger partial charge in [-0.1, -0.05) is 23.5 Å². The molecule has 1 amide bonds. The number of benzene rings is 2. The number of thioether (sulfide) groups is 1. The van der Waals surface area contributed by atoms with E-state index in [1.54, 1.807) is 11.7 Å². The SMILES string of the molecule is CCN(CC)c1ccc(C2c3sc(=O)n(CC(=O)Nc4ccc(OC)cc4)c3SC3C4CCC(C4)C23)cc1. The maximum atomic E-state index is 13.3. The second-order valence-electron chi connectivity index (χ2n) is 10.6. The maximum Gasteiger partial charge on any atom is 0.308 e. The minimum absolute atomic E-state index is 0.0306. The molecule has 1 N–H and O–H groups in total. The van der Waals surface area contributed by atoms with Crippen molar-refractivity contribution < 1.29 is 9.53 Å². The first kappa shape index (κ1) is 25.6. The summed E-state index contributed by atoms with van der Waals surface area (Å²) >= 11 is 3.22. The molecule has 2 aliphatic carbocycles. The van der Waals surface area contributed by atoms with Crippen LogP contribution in [0.3, 0.4) is 0 Å². The van der Waals surface area contributed by atoms with Crippen molar-refractivity contribution in [3.05, 3.63) is 68.6 Å². The highest BCUT2D eigenvalue weighted by atomic mass is 32.2. The Morgan fingerprint density at radius 2 is 1.76 bits per heavy atom. The van der Waals surface area contributed by atoms with Gasteiger partial charge in [-0.3, -0.25) is 14.2 Å². The highest BCUT2D eigenvalue weighted by Crippen LogP contribution is 2.64. The van der Waals surface area contributed by atoms with Crippen molar-refractivity contribution in [2.45, 2.75) is 55.8 Å². The number of hydrogen-bond acceptors (Lipinski definition) is 6. The number of nitrogens with zero attached hydrogens (tertiary/aromatic N) is 2. The van der Waals surface area contributed by atoms with Crippen molar-refractivity contribution in [2.24, 2.45) is 17.8 Å². The number of carbonyl (C=O) groups excluding carboxylic acids is 1. The van der Waals surface area contributed by atoms with Crippen molar-refractivity contribution in [2.75, 3.05) is 30.4 Å².